The Labute approximate surface area is 145 Å². The van der Waals surface area contributed by atoms with Crippen LogP contribution in [-0.2, 0) is 6.61 Å². The Morgan fingerprint density at radius 2 is 1.64 bits per heavy atom. The molecule has 0 radical (unpaired) electrons. The fourth-order valence-corrected chi connectivity index (χ4v) is 2.17. The molecule has 0 spiro atoms. The summed E-state index contributed by atoms with van der Waals surface area (Å²) in [7, 11) is 0. The van der Waals surface area contributed by atoms with Gasteiger partial charge in [-0.2, -0.15) is 5.10 Å². The first-order valence-electron chi connectivity index (χ1n) is 7.70. The lowest BCUT2D eigenvalue weighted by Gasteiger charge is -2.08. The maximum absolute atomic E-state index is 7.04. The molecule has 6 heteroatoms. The van der Waals surface area contributed by atoms with E-state index in [9.17, 15) is 0 Å². The lowest BCUT2D eigenvalue weighted by atomic mass is 10.1. The number of aromatic nitrogens is 2. The lowest BCUT2D eigenvalue weighted by molar-refractivity contribution is 0.300. The molecule has 6 nitrogen and oxygen atoms in total. The summed E-state index contributed by atoms with van der Waals surface area (Å²) < 4.78 is 11.4. The van der Waals surface area contributed by atoms with Crippen LogP contribution >= 0.6 is 0 Å². The van der Waals surface area contributed by atoms with Gasteiger partial charge >= 0.3 is 0 Å². The molecule has 25 heavy (non-hydrogen) atoms. The van der Waals surface area contributed by atoms with Gasteiger partial charge in [0.25, 0.3) is 0 Å². The van der Waals surface area contributed by atoms with Gasteiger partial charge in [0.2, 0.25) is 0 Å². The Balaban J connectivity index is 1.59. The molecule has 0 saturated heterocycles. The molecule has 0 aliphatic rings. The molecule has 4 N–H and O–H groups in total. The summed E-state index contributed by atoms with van der Waals surface area (Å²) in [6, 6.07) is 16.6. The second kappa shape index (κ2) is 7.83. The van der Waals surface area contributed by atoms with Gasteiger partial charge in [-0.15, -0.1) is 0 Å². The van der Waals surface area contributed by atoms with Crippen LogP contribution in [0.15, 0.2) is 66.9 Å². The number of benzene rings is 2. The summed E-state index contributed by atoms with van der Waals surface area (Å²) in [5.74, 6) is 2.16. The number of hydrogen-bond donors (Lipinski definition) is 3. The normalized spacial score (nSPS) is 11.1. The summed E-state index contributed by atoms with van der Waals surface area (Å²) in [6.45, 7) is 0.413. The van der Waals surface area contributed by atoms with E-state index in [1.807, 2.05) is 54.6 Å². The van der Waals surface area contributed by atoms with Crippen molar-refractivity contribution in [3.05, 3.63) is 78.1 Å². The predicted octanol–water partition coefficient (Wildman–Crippen LogP) is 3.73. The Morgan fingerprint density at radius 1 is 1.00 bits per heavy atom. The van der Waals surface area contributed by atoms with Crippen molar-refractivity contribution in [1.29, 1.82) is 5.41 Å². The maximum Gasteiger partial charge on any atom is 0.132 e. The molecule has 0 unspecified atom stereocenters. The van der Waals surface area contributed by atoms with Crippen LogP contribution in [0.5, 0.6) is 17.2 Å². The summed E-state index contributed by atoms with van der Waals surface area (Å²) in [4.78, 5) is 0. The van der Waals surface area contributed by atoms with Gasteiger partial charge in [-0.1, -0.05) is 0 Å². The van der Waals surface area contributed by atoms with Crippen molar-refractivity contribution in [1.82, 2.24) is 10.2 Å². The van der Waals surface area contributed by atoms with E-state index in [2.05, 4.69) is 10.2 Å². The zero-order valence-electron chi connectivity index (χ0n) is 13.5. The molecule has 3 rings (SSSR count). The van der Waals surface area contributed by atoms with Crippen LogP contribution < -0.4 is 15.2 Å². The molecule has 126 valence electrons. The van der Waals surface area contributed by atoms with Crippen LogP contribution in [0.25, 0.3) is 5.70 Å². The minimum atomic E-state index is 0.413. The fraction of sp³-hybridized carbons (Fsp3) is 0.0526. The van der Waals surface area contributed by atoms with Crippen LogP contribution in [0.2, 0.25) is 0 Å². The Bertz CT molecular complexity index is 838. The van der Waals surface area contributed by atoms with Crippen LogP contribution in [0.3, 0.4) is 0 Å². The molecule has 2 aromatic carbocycles. The number of hydrogen-bond acceptors (Lipinski definition) is 5. The van der Waals surface area contributed by atoms with Gasteiger partial charge in [0.15, 0.2) is 0 Å². The van der Waals surface area contributed by atoms with Crippen molar-refractivity contribution in [3.63, 3.8) is 0 Å². The Kier molecular flexibility index (Phi) is 5.11. The van der Waals surface area contributed by atoms with Gasteiger partial charge in [-0.25, -0.2) is 0 Å². The second-order valence-corrected chi connectivity index (χ2v) is 5.24. The van der Waals surface area contributed by atoms with Gasteiger partial charge in [-0.3, -0.25) is 5.10 Å². The zero-order valence-corrected chi connectivity index (χ0v) is 13.5. The number of nitrogens with two attached hydrogens (primary N) is 1. The monoisotopic (exact) mass is 334 g/mol. The third-order valence-corrected chi connectivity index (χ3v) is 3.46. The minimum Gasteiger partial charge on any atom is -0.487 e. The molecular weight excluding hydrogens is 316 g/mol. The summed E-state index contributed by atoms with van der Waals surface area (Å²) in [5.41, 5.74) is 8.07. The molecule has 0 fully saturated rings. The van der Waals surface area contributed by atoms with Crippen LogP contribution in [0, 0.1) is 5.41 Å². The topological polar surface area (TPSA) is 97.0 Å². The second-order valence-electron chi connectivity index (χ2n) is 5.24. The highest BCUT2D eigenvalue weighted by molar-refractivity contribution is 5.81. The van der Waals surface area contributed by atoms with Crippen molar-refractivity contribution in [2.75, 3.05) is 0 Å². The molecule has 0 atom stereocenters. The van der Waals surface area contributed by atoms with E-state index in [0.717, 1.165) is 23.2 Å². The molecule has 1 aromatic heterocycles. The highest BCUT2D eigenvalue weighted by Crippen LogP contribution is 2.25. The van der Waals surface area contributed by atoms with E-state index in [1.54, 1.807) is 6.20 Å². The van der Waals surface area contributed by atoms with E-state index in [1.165, 1.54) is 6.08 Å². The maximum atomic E-state index is 7.04. The summed E-state index contributed by atoms with van der Waals surface area (Å²) >= 11 is 0. The third kappa shape index (κ3) is 4.48. The van der Waals surface area contributed by atoms with Crippen molar-refractivity contribution >= 4 is 11.9 Å². The van der Waals surface area contributed by atoms with Gasteiger partial charge < -0.3 is 20.6 Å². The fourth-order valence-electron chi connectivity index (χ4n) is 2.17. The number of H-pyrrole nitrogens is 1. The molecular formula is C19H18N4O2. The first-order valence-corrected chi connectivity index (χ1v) is 7.70. The highest BCUT2D eigenvalue weighted by Gasteiger charge is 2.02. The van der Waals surface area contributed by atoms with Crippen molar-refractivity contribution in [3.8, 4) is 17.2 Å². The van der Waals surface area contributed by atoms with E-state index < -0.39 is 0 Å². The van der Waals surface area contributed by atoms with E-state index in [-0.39, 0.29) is 0 Å². The molecule has 0 saturated carbocycles. The van der Waals surface area contributed by atoms with Gasteiger partial charge in [0.1, 0.15) is 23.9 Å². The lowest BCUT2D eigenvalue weighted by Crippen LogP contribution is -1.96. The van der Waals surface area contributed by atoms with E-state index >= 15 is 0 Å². The minimum absolute atomic E-state index is 0.413. The Hall–Kier alpha value is -3.54. The number of nitrogens with zero attached hydrogens (tertiary/aromatic N) is 1. The SMILES string of the molecule is N=C/C=C(\N)c1ccc(Oc2ccc(OCc3cc[nH]n3)cc2)cc1. The molecule has 0 amide bonds. The zero-order chi connectivity index (χ0) is 17.5. The number of allylic oxidation sites excluding steroid dienone is 1. The molecule has 1 heterocycles. The first-order chi connectivity index (χ1) is 12.2. The smallest absolute Gasteiger partial charge is 0.132 e. The molecule has 3 aromatic rings. The van der Waals surface area contributed by atoms with Crippen molar-refractivity contribution in [2.45, 2.75) is 6.61 Å². The molecule has 0 bridgehead atoms. The largest absolute Gasteiger partial charge is 0.487 e. The average Bonchev–Trinajstić information content (AvgIpc) is 3.15. The molecule has 0 aliphatic heterocycles. The highest BCUT2D eigenvalue weighted by atomic mass is 16.5. The van der Waals surface area contributed by atoms with Crippen molar-refractivity contribution in [2.24, 2.45) is 5.73 Å². The van der Waals surface area contributed by atoms with Crippen LogP contribution in [-0.4, -0.2) is 16.4 Å². The van der Waals surface area contributed by atoms with E-state index in [4.69, 9.17) is 20.6 Å². The number of aromatic amines is 1. The van der Waals surface area contributed by atoms with Gasteiger partial charge in [-0.05, 0) is 66.2 Å². The van der Waals surface area contributed by atoms with Crippen LogP contribution in [0.4, 0.5) is 0 Å². The average molecular weight is 334 g/mol. The number of nitrogens with one attached hydrogen (secondary N) is 2. The summed E-state index contributed by atoms with van der Waals surface area (Å²) in [5, 5.41) is 13.8. The standard InChI is InChI=1S/C19H18N4O2/c20-11-9-19(21)14-1-3-17(4-2-14)25-18-7-5-16(6-8-18)24-13-15-10-12-22-23-15/h1-12,20H,13,21H2,(H,22,23)/b19-9-,20-11?. The first kappa shape index (κ1) is 16.3. The van der Waals surface area contributed by atoms with Gasteiger partial charge in [0.05, 0.1) is 5.69 Å². The number of rotatable bonds is 7. The van der Waals surface area contributed by atoms with E-state index in [0.29, 0.717) is 23.8 Å². The predicted molar refractivity (Wildman–Crippen MR) is 96.8 cm³/mol. The Morgan fingerprint density at radius 3 is 2.24 bits per heavy atom. The van der Waals surface area contributed by atoms with Crippen molar-refractivity contribution < 1.29 is 9.47 Å². The quantitative estimate of drug-likeness (QED) is 0.573. The van der Waals surface area contributed by atoms with Gasteiger partial charge in [0, 0.05) is 18.1 Å². The third-order valence-electron chi connectivity index (χ3n) is 3.46. The molecule has 0 aliphatic carbocycles. The van der Waals surface area contributed by atoms with Crippen LogP contribution in [0.1, 0.15) is 11.3 Å². The number of ether oxygens (including phenoxy) is 2. The summed E-state index contributed by atoms with van der Waals surface area (Å²) in [6.07, 6.45) is 4.46.